The van der Waals surface area contributed by atoms with E-state index < -0.39 is 0 Å². The monoisotopic (exact) mass is 414 g/mol. The highest BCUT2D eigenvalue weighted by Gasteiger charge is 2.24. The van der Waals surface area contributed by atoms with Gasteiger partial charge in [-0.3, -0.25) is 14.6 Å². The van der Waals surface area contributed by atoms with Crippen molar-refractivity contribution in [3.63, 3.8) is 0 Å². The molecular formula is C27H30N2O2. The van der Waals surface area contributed by atoms with Crippen molar-refractivity contribution in [2.24, 2.45) is 0 Å². The maximum Gasteiger partial charge on any atom is 0.317 e. The first-order chi connectivity index (χ1) is 15.3. The summed E-state index contributed by atoms with van der Waals surface area (Å²) >= 11 is 0. The lowest BCUT2D eigenvalue weighted by molar-refractivity contribution is -0.145. The number of benzene rings is 3. The molecule has 160 valence electrons. The zero-order valence-electron chi connectivity index (χ0n) is 17.9. The molecule has 3 aromatic rings. The second-order valence-electron chi connectivity index (χ2n) is 8.03. The third-order valence-electron chi connectivity index (χ3n) is 5.87. The minimum absolute atomic E-state index is 0.180. The summed E-state index contributed by atoms with van der Waals surface area (Å²) in [5.74, 6) is -0.565. The number of nitrogens with zero attached hydrogens (tertiary/aromatic N) is 2. The van der Waals surface area contributed by atoms with Gasteiger partial charge >= 0.3 is 5.97 Å². The Balaban J connectivity index is 1.26. The van der Waals surface area contributed by atoms with Crippen LogP contribution in [0.15, 0.2) is 91.0 Å². The first-order valence-corrected chi connectivity index (χ1v) is 11.0. The lowest BCUT2D eigenvalue weighted by atomic mass is 9.91. The van der Waals surface area contributed by atoms with Crippen LogP contribution in [0.2, 0.25) is 0 Å². The van der Waals surface area contributed by atoms with Crippen LogP contribution in [0.1, 0.15) is 22.6 Å². The SMILES string of the molecule is O=C(OCCN1CCN(Cc2ccccc2)CC1)C(c1ccccc1)c1ccccc1. The molecule has 0 bridgehead atoms. The summed E-state index contributed by atoms with van der Waals surface area (Å²) in [6.45, 7) is 6.30. The van der Waals surface area contributed by atoms with Gasteiger partial charge in [0.25, 0.3) is 0 Å². The van der Waals surface area contributed by atoms with Crippen molar-refractivity contribution in [3.8, 4) is 0 Å². The summed E-state index contributed by atoms with van der Waals surface area (Å²) < 4.78 is 5.74. The third kappa shape index (κ3) is 6.03. The molecule has 4 nitrogen and oxygen atoms in total. The van der Waals surface area contributed by atoms with Crippen molar-refractivity contribution < 1.29 is 9.53 Å². The molecule has 0 aliphatic carbocycles. The lowest BCUT2D eigenvalue weighted by Crippen LogP contribution is -2.46. The predicted molar refractivity (Wildman–Crippen MR) is 124 cm³/mol. The van der Waals surface area contributed by atoms with Gasteiger partial charge in [0.15, 0.2) is 0 Å². The Morgan fingerprint density at radius 1 is 0.710 bits per heavy atom. The van der Waals surface area contributed by atoms with Gasteiger partial charge in [-0.15, -0.1) is 0 Å². The molecule has 0 aromatic heterocycles. The number of rotatable bonds is 8. The van der Waals surface area contributed by atoms with E-state index in [0.29, 0.717) is 6.61 Å². The van der Waals surface area contributed by atoms with Gasteiger partial charge in [-0.25, -0.2) is 0 Å². The number of carbonyl (C=O) groups excluding carboxylic acids is 1. The van der Waals surface area contributed by atoms with Crippen molar-refractivity contribution in [3.05, 3.63) is 108 Å². The summed E-state index contributed by atoms with van der Waals surface area (Å²) in [5, 5.41) is 0. The largest absolute Gasteiger partial charge is 0.464 e. The standard InChI is InChI=1S/C27H30N2O2/c30-27(26(24-12-6-2-7-13-24)25-14-8-3-9-15-25)31-21-20-28-16-18-29(19-17-28)22-23-10-4-1-5-11-23/h1-15,26H,16-22H2. The first kappa shape index (κ1) is 21.3. The number of hydrogen-bond donors (Lipinski definition) is 0. The number of hydrogen-bond acceptors (Lipinski definition) is 4. The summed E-state index contributed by atoms with van der Waals surface area (Å²) in [6.07, 6.45) is 0. The van der Waals surface area contributed by atoms with Crippen LogP contribution in [0.5, 0.6) is 0 Å². The number of piperazine rings is 1. The van der Waals surface area contributed by atoms with Gasteiger partial charge in [-0.1, -0.05) is 91.0 Å². The van der Waals surface area contributed by atoms with Gasteiger partial charge in [0, 0.05) is 39.3 Å². The van der Waals surface area contributed by atoms with Gasteiger partial charge in [-0.05, 0) is 16.7 Å². The van der Waals surface area contributed by atoms with Gasteiger partial charge in [0.2, 0.25) is 0 Å². The van der Waals surface area contributed by atoms with E-state index in [2.05, 4.69) is 40.1 Å². The summed E-state index contributed by atoms with van der Waals surface area (Å²) in [7, 11) is 0. The second-order valence-corrected chi connectivity index (χ2v) is 8.03. The molecule has 4 rings (SSSR count). The molecule has 31 heavy (non-hydrogen) atoms. The fourth-order valence-corrected chi connectivity index (χ4v) is 4.13. The maximum absolute atomic E-state index is 13.0. The van der Waals surface area contributed by atoms with Crippen molar-refractivity contribution in [2.75, 3.05) is 39.3 Å². The number of carbonyl (C=O) groups is 1. The van der Waals surface area contributed by atoms with E-state index in [0.717, 1.165) is 50.4 Å². The molecule has 1 fully saturated rings. The molecule has 0 amide bonds. The maximum atomic E-state index is 13.0. The molecule has 1 aliphatic heterocycles. The van der Waals surface area contributed by atoms with E-state index in [9.17, 15) is 4.79 Å². The van der Waals surface area contributed by atoms with Gasteiger partial charge in [-0.2, -0.15) is 0 Å². The van der Waals surface area contributed by atoms with Crippen molar-refractivity contribution in [2.45, 2.75) is 12.5 Å². The number of esters is 1. The van der Waals surface area contributed by atoms with E-state index in [-0.39, 0.29) is 11.9 Å². The van der Waals surface area contributed by atoms with Crippen LogP contribution in [0.4, 0.5) is 0 Å². The minimum atomic E-state index is -0.384. The van der Waals surface area contributed by atoms with Crippen molar-refractivity contribution in [1.29, 1.82) is 0 Å². The molecule has 1 aliphatic rings. The summed E-state index contributed by atoms with van der Waals surface area (Å²) in [6, 6.07) is 30.4. The first-order valence-electron chi connectivity index (χ1n) is 11.0. The normalized spacial score (nSPS) is 15.1. The van der Waals surface area contributed by atoms with Crippen LogP contribution in [-0.2, 0) is 16.1 Å². The third-order valence-corrected chi connectivity index (χ3v) is 5.87. The lowest BCUT2D eigenvalue weighted by Gasteiger charge is -2.34. The fourth-order valence-electron chi connectivity index (χ4n) is 4.13. The zero-order valence-corrected chi connectivity index (χ0v) is 17.9. The summed E-state index contributed by atoms with van der Waals surface area (Å²) in [5.41, 5.74) is 3.29. The Morgan fingerprint density at radius 2 is 1.19 bits per heavy atom. The Hall–Kier alpha value is -2.95. The van der Waals surface area contributed by atoms with Crippen LogP contribution < -0.4 is 0 Å². The molecule has 0 atom stereocenters. The van der Waals surface area contributed by atoms with Crippen molar-refractivity contribution in [1.82, 2.24) is 9.80 Å². The fraction of sp³-hybridized carbons (Fsp3) is 0.296. The molecule has 4 heteroatoms. The van der Waals surface area contributed by atoms with Crippen LogP contribution in [-0.4, -0.2) is 55.1 Å². The van der Waals surface area contributed by atoms with Crippen molar-refractivity contribution >= 4 is 5.97 Å². The van der Waals surface area contributed by atoms with E-state index >= 15 is 0 Å². The Kier molecular flexibility index (Phi) is 7.48. The molecule has 1 saturated heterocycles. The quantitative estimate of drug-likeness (QED) is 0.518. The Morgan fingerprint density at radius 3 is 1.74 bits per heavy atom. The molecule has 1 heterocycles. The average molecular weight is 415 g/mol. The highest BCUT2D eigenvalue weighted by atomic mass is 16.5. The average Bonchev–Trinajstić information content (AvgIpc) is 2.82. The highest BCUT2D eigenvalue weighted by molar-refractivity contribution is 5.82. The Bertz CT molecular complexity index is 884. The van der Waals surface area contributed by atoms with E-state index in [1.54, 1.807) is 0 Å². The topological polar surface area (TPSA) is 32.8 Å². The van der Waals surface area contributed by atoms with Crippen LogP contribution in [0.25, 0.3) is 0 Å². The zero-order chi connectivity index (χ0) is 21.3. The second kappa shape index (κ2) is 10.9. The smallest absolute Gasteiger partial charge is 0.317 e. The highest BCUT2D eigenvalue weighted by Crippen LogP contribution is 2.26. The van der Waals surface area contributed by atoms with Gasteiger partial charge in [0.05, 0.1) is 0 Å². The molecule has 3 aromatic carbocycles. The van der Waals surface area contributed by atoms with Crippen LogP contribution in [0.3, 0.4) is 0 Å². The molecule has 0 unspecified atom stereocenters. The van der Waals surface area contributed by atoms with Crippen LogP contribution in [0, 0.1) is 0 Å². The van der Waals surface area contributed by atoms with E-state index in [1.165, 1.54) is 5.56 Å². The summed E-state index contributed by atoms with van der Waals surface area (Å²) in [4.78, 5) is 17.9. The predicted octanol–water partition coefficient (Wildman–Crippen LogP) is 4.18. The molecule has 0 spiro atoms. The van der Waals surface area contributed by atoms with E-state index in [4.69, 9.17) is 4.74 Å². The Labute approximate surface area is 185 Å². The molecular weight excluding hydrogens is 384 g/mol. The minimum Gasteiger partial charge on any atom is -0.464 e. The van der Waals surface area contributed by atoms with E-state index in [1.807, 2.05) is 60.7 Å². The molecule has 0 radical (unpaired) electrons. The van der Waals surface area contributed by atoms with Crippen LogP contribution >= 0.6 is 0 Å². The van der Waals surface area contributed by atoms with Gasteiger partial charge in [0.1, 0.15) is 12.5 Å². The van der Waals surface area contributed by atoms with Gasteiger partial charge < -0.3 is 4.74 Å². The molecule has 0 N–H and O–H groups in total. The molecule has 0 saturated carbocycles. The number of ether oxygens (including phenoxy) is 1.